The van der Waals surface area contributed by atoms with Crippen LogP contribution < -0.4 is 5.32 Å². The molecule has 2 amide bonds. The van der Waals surface area contributed by atoms with E-state index in [1.807, 2.05) is 7.05 Å². The Balaban J connectivity index is 1.81. The van der Waals surface area contributed by atoms with Crippen molar-refractivity contribution >= 4 is 11.8 Å². The highest BCUT2D eigenvalue weighted by Gasteiger charge is 2.40. The van der Waals surface area contributed by atoms with Gasteiger partial charge in [-0.05, 0) is 38.8 Å². The highest BCUT2D eigenvalue weighted by molar-refractivity contribution is 6.21. The number of pyridine rings is 1. The van der Waals surface area contributed by atoms with Gasteiger partial charge in [-0.25, -0.2) is 0 Å². The summed E-state index contributed by atoms with van der Waals surface area (Å²) >= 11 is 0. The first-order chi connectivity index (χ1) is 9.22. The number of aromatic nitrogens is 1. The molecule has 1 aliphatic carbocycles. The highest BCUT2D eigenvalue weighted by atomic mass is 16.2. The summed E-state index contributed by atoms with van der Waals surface area (Å²) in [4.78, 5) is 30.0. The predicted molar refractivity (Wildman–Crippen MR) is 69.8 cm³/mol. The van der Waals surface area contributed by atoms with E-state index >= 15 is 0 Å². The van der Waals surface area contributed by atoms with Crippen LogP contribution in [0, 0.1) is 0 Å². The molecule has 1 fully saturated rings. The molecule has 0 radical (unpaired) electrons. The minimum absolute atomic E-state index is 0.0389. The SMILES string of the molecule is CNC1CCC(N2C(=O)c3ccncc3C2=O)CC1. The van der Waals surface area contributed by atoms with Gasteiger partial charge in [-0.3, -0.25) is 19.5 Å². The van der Waals surface area contributed by atoms with Gasteiger partial charge < -0.3 is 5.32 Å². The van der Waals surface area contributed by atoms with Crippen molar-refractivity contribution in [2.45, 2.75) is 37.8 Å². The number of hydrogen-bond donors (Lipinski definition) is 1. The number of imide groups is 1. The smallest absolute Gasteiger partial charge is 0.263 e. The second kappa shape index (κ2) is 4.74. The van der Waals surface area contributed by atoms with E-state index in [0.717, 1.165) is 25.7 Å². The van der Waals surface area contributed by atoms with Gasteiger partial charge in [0.25, 0.3) is 11.8 Å². The Labute approximate surface area is 112 Å². The molecule has 5 nitrogen and oxygen atoms in total. The molecule has 0 atom stereocenters. The molecule has 2 heterocycles. The van der Waals surface area contributed by atoms with Crippen LogP contribution in [0.4, 0.5) is 0 Å². The van der Waals surface area contributed by atoms with Crippen LogP contribution in [0.15, 0.2) is 18.5 Å². The van der Waals surface area contributed by atoms with Crippen molar-refractivity contribution in [2.75, 3.05) is 7.05 Å². The minimum Gasteiger partial charge on any atom is -0.317 e. The number of carbonyl (C=O) groups excluding carboxylic acids is 2. The van der Waals surface area contributed by atoms with Crippen LogP contribution in [0.5, 0.6) is 0 Å². The van der Waals surface area contributed by atoms with Crippen LogP contribution in [-0.4, -0.2) is 40.8 Å². The largest absolute Gasteiger partial charge is 0.317 e. The lowest BCUT2D eigenvalue weighted by Crippen LogP contribution is -2.44. The highest BCUT2D eigenvalue weighted by Crippen LogP contribution is 2.30. The van der Waals surface area contributed by atoms with Crippen LogP contribution in [0.25, 0.3) is 0 Å². The zero-order chi connectivity index (χ0) is 13.4. The summed E-state index contributed by atoms with van der Waals surface area (Å²) in [6, 6.07) is 2.18. The fraction of sp³-hybridized carbons (Fsp3) is 0.500. The second-order valence-electron chi connectivity index (χ2n) is 5.20. The van der Waals surface area contributed by atoms with Gasteiger partial charge in [-0.1, -0.05) is 0 Å². The van der Waals surface area contributed by atoms with Crippen LogP contribution in [0.3, 0.4) is 0 Å². The van der Waals surface area contributed by atoms with Crippen molar-refractivity contribution in [2.24, 2.45) is 0 Å². The van der Waals surface area contributed by atoms with E-state index in [-0.39, 0.29) is 17.9 Å². The van der Waals surface area contributed by atoms with Crippen molar-refractivity contribution in [3.8, 4) is 0 Å². The molecule has 1 saturated carbocycles. The Morgan fingerprint density at radius 1 is 1.16 bits per heavy atom. The topological polar surface area (TPSA) is 62.3 Å². The number of hydrogen-bond acceptors (Lipinski definition) is 4. The molecule has 0 saturated heterocycles. The van der Waals surface area contributed by atoms with Gasteiger partial charge in [0.2, 0.25) is 0 Å². The van der Waals surface area contributed by atoms with E-state index in [0.29, 0.717) is 17.2 Å². The van der Waals surface area contributed by atoms with E-state index in [2.05, 4.69) is 10.3 Å². The summed E-state index contributed by atoms with van der Waals surface area (Å²) in [5.74, 6) is -0.337. The lowest BCUT2D eigenvalue weighted by Gasteiger charge is -2.33. The molecule has 3 rings (SSSR count). The molecule has 0 bridgehead atoms. The second-order valence-corrected chi connectivity index (χ2v) is 5.20. The lowest BCUT2D eigenvalue weighted by molar-refractivity contribution is 0.0539. The summed E-state index contributed by atoms with van der Waals surface area (Å²) in [5, 5.41) is 3.26. The third-order valence-electron chi connectivity index (χ3n) is 4.19. The zero-order valence-corrected chi connectivity index (χ0v) is 10.9. The first-order valence-corrected chi connectivity index (χ1v) is 6.71. The molecular formula is C14H17N3O2. The maximum atomic E-state index is 12.3. The fourth-order valence-electron chi connectivity index (χ4n) is 3.06. The van der Waals surface area contributed by atoms with Gasteiger partial charge in [0, 0.05) is 24.5 Å². The van der Waals surface area contributed by atoms with Gasteiger partial charge in [0.15, 0.2) is 0 Å². The van der Waals surface area contributed by atoms with Gasteiger partial charge in [0.05, 0.1) is 11.1 Å². The van der Waals surface area contributed by atoms with Crippen LogP contribution >= 0.6 is 0 Å². The van der Waals surface area contributed by atoms with E-state index in [1.165, 1.54) is 11.1 Å². The van der Waals surface area contributed by atoms with E-state index < -0.39 is 0 Å². The Kier molecular flexibility index (Phi) is 3.06. The third kappa shape index (κ3) is 1.94. The first kappa shape index (κ1) is 12.3. The van der Waals surface area contributed by atoms with Crippen molar-refractivity contribution < 1.29 is 9.59 Å². The average molecular weight is 259 g/mol. The molecule has 1 aliphatic heterocycles. The van der Waals surface area contributed by atoms with Crippen LogP contribution in [0.2, 0.25) is 0 Å². The summed E-state index contributed by atoms with van der Waals surface area (Å²) < 4.78 is 0. The number of rotatable bonds is 2. The average Bonchev–Trinajstić information content (AvgIpc) is 2.72. The molecule has 19 heavy (non-hydrogen) atoms. The Bertz CT molecular complexity index is 486. The molecule has 0 spiro atoms. The van der Waals surface area contributed by atoms with Crippen LogP contribution in [0.1, 0.15) is 46.4 Å². The number of nitrogens with zero attached hydrogens (tertiary/aromatic N) is 2. The Morgan fingerprint density at radius 2 is 1.84 bits per heavy atom. The number of carbonyl (C=O) groups is 2. The van der Waals surface area contributed by atoms with Gasteiger partial charge in [-0.2, -0.15) is 0 Å². The molecule has 1 N–H and O–H groups in total. The quantitative estimate of drug-likeness (QED) is 0.811. The number of fused-ring (bicyclic) bond motifs is 1. The van der Waals surface area contributed by atoms with Crippen molar-refractivity contribution in [3.63, 3.8) is 0 Å². The maximum absolute atomic E-state index is 12.3. The molecule has 0 aromatic carbocycles. The molecular weight excluding hydrogens is 242 g/mol. The monoisotopic (exact) mass is 259 g/mol. The van der Waals surface area contributed by atoms with Gasteiger partial charge >= 0.3 is 0 Å². The van der Waals surface area contributed by atoms with Gasteiger partial charge in [0.1, 0.15) is 0 Å². The Hall–Kier alpha value is -1.75. The molecule has 100 valence electrons. The van der Waals surface area contributed by atoms with Crippen molar-refractivity contribution in [1.29, 1.82) is 0 Å². The van der Waals surface area contributed by atoms with Crippen LogP contribution in [-0.2, 0) is 0 Å². The Morgan fingerprint density at radius 3 is 2.47 bits per heavy atom. The zero-order valence-electron chi connectivity index (χ0n) is 10.9. The summed E-state index contributed by atoms with van der Waals surface area (Å²) in [7, 11) is 1.96. The summed E-state index contributed by atoms with van der Waals surface area (Å²) in [6.07, 6.45) is 6.83. The summed E-state index contributed by atoms with van der Waals surface area (Å²) in [5.41, 5.74) is 0.943. The van der Waals surface area contributed by atoms with E-state index in [9.17, 15) is 9.59 Å². The standard InChI is InChI=1S/C14H17N3O2/c1-15-9-2-4-10(5-3-9)17-13(18)11-6-7-16-8-12(11)14(17)19/h6-10,15H,2-5H2,1H3. The summed E-state index contributed by atoms with van der Waals surface area (Å²) in [6.45, 7) is 0. The first-order valence-electron chi connectivity index (χ1n) is 6.71. The molecule has 5 heteroatoms. The van der Waals surface area contributed by atoms with E-state index in [1.54, 1.807) is 12.3 Å². The maximum Gasteiger partial charge on any atom is 0.263 e. The molecule has 1 aromatic rings. The third-order valence-corrected chi connectivity index (χ3v) is 4.19. The van der Waals surface area contributed by atoms with Crippen molar-refractivity contribution in [3.05, 3.63) is 29.6 Å². The van der Waals surface area contributed by atoms with Gasteiger partial charge in [-0.15, -0.1) is 0 Å². The number of amides is 2. The normalized spacial score (nSPS) is 26.7. The predicted octanol–water partition coefficient (Wildman–Crippen LogP) is 1.21. The minimum atomic E-state index is -0.180. The lowest BCUT2D eigenvalue weighted by atomic mass is 9.90. The molecule has 2 aliphatic rings. The fourth-order valence-corrected chi connectivity index (χ4v) is 3.06. The number of nitrogens with one attached hydrogen (secondary N) is 1. The molecule has 1 aromatic heterocycles. The molecule has 0 unspecified atom stereocenters. The van der Waals surface area contributed by atoms with Crippen molar-refractivity contribution in [1.82, 2.24) is 15.2 Å². The van der Waals surface area contributed by atoms with E-state index in [4.69, 9.17) is 0 Å².